The van der Waals surface area contributed by atoms with E-state index in [4.69, 9.17) is 21.1 Å². The third kappa shape index (κ3) is 5.47. The summed E-state index contributed by atoms with van der Waals surface area (Å²) in [6.45, 7) is 2.76. The number of fused-ring (bicyclic) bond motifs is 1. The van der Waals surface area contributed by atoms with Crippen LogP contribution in [0.5, 0.6) is 11.5 Å². The molecule has 0 fully saturated rings. The quantitative estimate of drug-likeness (QED) is 0.409. The van der Waals surface area contributed by atoms with Gasteiger partial charge in [-0.2, -0.15) is 0 Å². The second-order valence-corrected chi connectivity index (χ2v) is 9.27. The van der Waals surface area contributed by atoms with Gasteiger partial charge in [0.1, 0.15) is 0 Å². The monoisotopic (exact) mass is 508 g/mol. The van der Waals surface area contributed by atoms with Crippen molar-refractivity contribution in [3.63, 3.8) is 0 Å². The normalized spacial score (nSPS) is 14.0. The second kappa shape index (κ2) is 10.9. The minimum Gasteiger partial charge on any atom is -0.493 e. The van der Waals surface area contributed by atoms with Crippen molar-refractivity contribution in [2.24, 2.45) is 0 Å². The summed E-state index contributed by atoms with van der Waals surface area (Å²) in [7, 11) is 3.29. The van der Waals surface area contributed by atoms with Crippen LogP contribution in [-0.4, -0.2) is 32.6 Å². The molecule has 0 bridgehead atoms. The third-order valence-corrected chi connectivity index (χ3v) is 6.95. The first-order valence-corrected chi connectivity index (χ1v) is 12.2. The van der Waals surface area contributed by atoms with Crippen LogP contribution in [0, 0.1) is 0 Å². The van der Waals surface area contributed by atoms with Gasteiger partial charge in [0, 0.05) is 29.1 Å². The lowest BCUT2D eigenvalue weighted by Gasteiger charge is -2.27. The maximum absolute atomic E-state index is 13.1. The van der Waals surface area contributed by atoms with E-state index in [9.17, 15) is 9.59 Å². The summed E-state index contributed by atoms with van der Waals surface area (Å²) in [6.07, 6.45) is 1.83. The highest BCUT2D eigenvalue weighted by molar-refractivity contribution is 8.04. The smallest absolute Gasteiger partial charge is 0.264 e. The Morgan fingerprint density at radius 1 is 1.11 bits per heavy atom. The van der Waals surface area contributed by atoms with E-state index in [2.05, 4.69) is 5.32 Å². The lowest BCUT2D eigenvalue weighted by atomic mass is 10.1. The Morgan fingerprint density at radius 2 is 1.91 bits per heavy atom. The average molecular weight is 509 g/mol. The molecule has 1 aliphatic heterocycles. The molecule has 0 radical (unpaired) electrons. The maximum atomic E-state index is 13.1. The molecule has 0 unspecified atom stereocenters. The first-order chi connectivity index (χ1) is 16.9. The van der Waals surface area contributed by atoms with Crippen LogP contribution >= 0.6 is 23.4 Å². The molecular formula is C27H25ClN2O4S. The average Bonchev–Trinajstić information content (AvgIpc) is 2.87. The Bertz CT molecular complexity index is 1310. The number of carbonyl (C=O) groups is 2. The van der Waals surface area contributed by atoms with Gasteiger partial charge in [-0.15, -0.1) is 0 Å². The zero-order chi connectivity index (χ0) is 24.9. The minimum atomic E-state index is -0.235. The van der Waals surface area contributed by atoms with Crippen LogP contribution < -0.4 is 19.7 Å². The van der Waals surface area contributed by atoms with Gasteiger partial charge < -0.3 is 19.7 Å². The number of ether oxygens (including phenoxy) is 2. The first kappa shape index (κ1) is 24.7. The van der Waals surface area contributed by atoms with Crippen LogP contribution in [0.15, 0.2) is 70.5 Å². The highest BCUT2D eigenvalue weighted by Gasteiger charge is 2.27. The van der Waals surface area contributed by atoms with Gasteiger partial charge in [-0.3, -0.25) is 9.59 Å². The number of methoxy groups -OCH3 is 1. The van der Waals surface area contributed by atoms with E-state index >= 15 is 0 Å². The molecule has 1 aliphatic rings. The highest BCUT2D eigenvalue weighted by Crippen LogP contribution is 2.42. The molecule has 0 aliphatic carbocycles. The van der Waals surface area contributed by atoms with Crippen molar-refractivity contribution < 1.29 is 19.1 Å². The molecule has 0 atom stereocenters. The highest BCUT2D eigenvalue weighted by atomic mass is 35.5. The predicted molar refractivity (Wildman–Crippen MR) is 140 cm³/mol. The van der Waals surface area contributed by atoms with Crippen molar-refractivity contribution in [2.75, 3.05) is 25.7 Å². The van der Waals surface area contributed by atoms with Crippen molar-refractivity contribution in [1.82, 2.24) is 5.32 Å². The van der Waals surface area contributed by atoms with Crippen molar-refractivity contribution >= 4 is 46.9 Å². The van der Waals surface area contributed by atoms with Crippen LogP contribution in [0.1, 0.15) is 28.4 Å². The van der Waals surface area contributed by atoms with E-state index in [1.54, 1.807) is 37.3 Å². The number of nitrogens with zero attached hydrogens (tertiary/aromatic N) is 1. The maximum Gasteiger partial charge on any atom is 0.264 e. The van der Waals surface area contributed by atoms with Crippen LogP contribution in [0.2, 0.25) is 5.02 Å². The standard InChI is InChI=1S/C27H25ClN2O4S/c1-4-34-22-11-9-17(13-23(22)33-3)14-25-27(32)30(2)21-15-18(10-12-24(21)35-25)26(31)29-16-19-7-5-6-8-20(19)28/h5-15H,4,16H2,1-3H3,(H,29,31). The SMILES string of the molecule is CCOc1ccc(C=C2Sc3ccc(C(=O)NCc4ccccc4Cl)cc3N(C)C2=O)cc1OC. The molecule has 0 saturated carbocycles. The van der Waals surface area contributed by atoms with E-state index in [1.165, 1.54) is 11.8 Å². The van der Waals surface area contributed by atoms with E-state index < -0.39 is 0 Å². The molecule has 6 nitrogen and oxygen atoms in total. The molecule has 0 saturated heterocycles. The van der Waals surface area contributed by atoms with E-state index in [0.29, 0.717) is 45.8 Å². The zero-order valence-corrected chi connectivity index (χ0v) is 21.2. The Kier molecular flexibility index (Phi) is 7.68. The summed E-state index contributed by atoms with van der Waals surface area (Å²) < 4.78 is 11.0. The van der Waals surface area contributed by atoms with Gasteiger partial charge in [0.05, 0.1) is 24.3 Å². The summed E-state index contributed by atoms with van der Waals surface area (Å²) in [6, 6.07) is 18.3. The Morgan fingerprint density at radius 3 is 2.66 bits per heavy atom. The number of benzene rings is 3. The minimum absolute atomic E-state index is 0.149. The number of hydrogen-bond acceptors (Lipinski definition) is 5. The number of carbonyl (C=O) groups excluding carboxylic acids is 2. The van der Waals surface area contributed by atoms with Gasteiger partial charge >= 0.3 is 0 Å². The number of amides is 2. The molecular weight excluding hydrogens is 484 g/mol. The van der Waals surface area contributed by atoms with Crippen LogP contribution in [0.3, 0.4) is 0 Å². The summed E-state index contributed by atoms with van der Waals surface area (Å²) >= 11 is 7.55. The van der Waals surface area contributed by atoms with E-state index in [0.717, 1.165) is 16.0 Å². The molecule has 2 amide bonds. The second-order valence-electron chi connectivity index (χ2n) is 7.77. The molecule has 1 heterocycles. The summed E-state index contributed by atoms with van der Waals surface area (Å²) in [5.41, 5.74) is 2.82. The zero-order valence-electron chi connectivity index (χ0n) is 19.6. The number of halogens is 1. The van der Waals surface area contributed by atoms with Crippen molar-refractivity contribution in [3.05, 3.63) is 87.3 Å². The molecule has 0 spiro atoms. The van der Waals surface area contributed by atoms with Crippen LogP contribution in [0.4, 0.5) is 5.69 Å². The molecule has 4 rings (SSSR count). The third-order valence-electron chi connectivity index (χ3n) is 5.50. The summed E-state index contributed by atoms with van der Waals surface area (Å²) in [4.78, 5) is 28.9. The molecule has 35 heavy (non-hydrogen) atoms. The molecule has 1 N–H and O–H groups in total. The van der Waals surface area contributed by atoms with Gasteiger partial charge in [-0.25, -0.2) is 0 Å². The van der Waals surface area contributed by atoms with E-state index in [-0.39, 0.29) is 11.8 Å². The number of hydrogen-bond donors (Lipinski definition) is 1. The Balaban J connectivity index is 1.54. The van der Waals surface area contributed by atoms with Gasteiger partial charge in [-0.05, 0) is 60.5 Å². The Hall–Kier alpha value is -3.42. The molecule has 180 valence electrons. The molecule has 0 aromatic heterocycles. The Labute approximate surface area is 213 Å². The largest absolute Gasteiger partial charge is 0.493 e. The first-order valence-electron chi connectivity index (χ1n) is 11.1. The van der Waals surface area contributed by atoms with Gasteiger partial charge in [0.25, 0.3) is 11.8 Å². The fourth-order valence-electron chi connectivity index (χ4n) is 3.65. The van der Waals surface area contributed by atoms with Gasteiger partial charge in [0.2, 0.25) is 0 Å². The van der Waals surface area contributed by atoms with Crippen LogP contribution in [0.25, 0.3) is 6.08 Å². The fourth-order valence-corrected chi connectivity index (χ4v) is 4.95. The topological polar surface area (TPSA) is 67.9 Å². The molecule has 3 aromatic carbocycles. The molecule has 8 heteroatoms. The number of nitrogens with one attached hydrogen (secondary N) is 1. The van der Waals surface area contributed by atoms with Gasteiger partial charge in [0.15, 0.2) is 11.5 Å². The number of likely N-dealkylation sites (N-methyl/N-ethyl adjacent to an activating group) is 1. The number of anilines is 1. The van der Waals surface area contributed by atoms with Crippen molar-refractivity contribution in [3.8, 4) is 11.5 Å². The van der Waals surface area contributed by atoms with Gasteiger partial charge in [-0.1, -0.05) is 47.6 Å². The number of rotatable bonds is 7. The summed E-state index contributed by atoms with van der Waals surface area (Å²) in [5, 5.41) is 3.49. The summed E-state index contributed by atoms with van der Waals surface area (Å²) in [5.74, 6) is 0.878. The van der Waals surface area contributed by atoms with Crippen LogP contribution in [-0.2, 0) is 11.3 Å². The number of thioether (sulfide) groups is 1. The lowest BCUT2D eigenvalue weighted by Crippen LogP contribution is -2.31. The predicted octanol–water partition coefficient (Wildman–Crippen LogP) is 5.79. The fraction of sp³-hybridized carbons (Fsp3) is 0.185. The lowest BCUT2D eigenvalue weighted by molar-refractivity contribution is -0.114. The van der Waals surface area contributed by atoms with Crippen molar-refractivity contribution in [1.29, 1.82) is 0 Å². The van der Waals surface area contributed by atoms with E-state index in [1.807, 2.05) is 55.5 Å². The van der Waals surface area contributed by atoms with Crippen molar-refractivity contribution in [2.45, 2.75) is 18.4 Å². The molecule has 3 aromatic rings.